The topological polar surface area (TPSA) is 65.5 Å². The Balaban J connectivity index is 1.10. The van der Waals surface area contributed by atoms with Crippen molar-refractivity contribution in [1.29, 1.82) is 0 Å². The Morgan fingerprint density at radius 2 is 1.66 bits per heavy atom. The minimum Gasteiger partial charge on any atom is -0.368 e. The zero-order valence-corrected chi connectivity index (χ0v) is 20.4. The third kappa shape index (κ3) is 5.63. The normalized spacial score (nSPS) is 13.7. The van der Waals surface area contributed by atoms with Crippen LogP contribution in [0.5, 0.6) is 0 Å². The van der Waals surface area contributed by atoms with Gasteiger partial charge in [0.25, 0.3) is 5.91 Å². The maximum atomic E-state index is 13.1. The molecule has 1 saturated heterocycles. The highest BCUT2D eigenvalue weighted by molar-refractivity contribution is 8.01. The number of aromatic nitrogens is 1. The largest absolute Gasteiger partial charge is 0.368 e. The number of hydrogen-bond donors (Lipinski definition) is 1. The molecule has 5 rings (SSSR count). The average Bonchev–Trinajstić information content (AvgIpc) is 3.31. The fourth-order valence-electron chi connectivity index (χ4n) is 3.94. The molecular formula is C26H23FN4O2S2. The van der Waals surface area contributed by atoms with Crippen LogP contribution in [-0.2, 0) is 4.79 Å². The summed E-state index contributed by atoms with van der Waals surface area (Å²) in [7, 11) is 0. The van der Waals surface area contributed by atoms with E-state index in [1.807, 2.05) is 48.5 Å². The average molecular weight is 507 g/mol. The summed E-state index contributed by atoms with van der Waals surface area (Å²) in [6.45, 7) is 2.60. The molecule has 178 valence electrons. The molecule has 1 fully saturated rings. The third-order valence-electron chi connectivity index (χ3n) is 5.78. The molecular weight excluding hydrogens is 483 g/mol. The van der Waals surface area contributed by atoms with Crippen LogP contribution in [0.1, 0.15) is 10.4 Å². The molecule has 1 N–H and O–H groups in total. The van der Waals surface area contributed by atoms with Crippen molar-refractivity contribution in [3.63, 3.8) is 0 Å². The van der Waals surface area contributed by atoms with Crippen molar-refractivity contribution in [3.05, 3.63) is 84.2 Å². The monoisotopic (exact) mass is 506 g/mol. The Morgan fingerprint density at radius 3 is 2.37 bits per heavy atom. The molecule has 6 nitrogen and oxygen atoms in total. The Hall–Kier alpha value is -3.43. The maximum absolute atomic E-state index is 13.1. The lowest BCUT2D eigenvalue weighted by Crippen LogP contribution is -2.48. The van der Waals surface area contributed by atoms with Crippen molar-refractivity contribution >= 4 is 56.5 Å². The van der Waals surface area contributed by atoms with Crippen molar-refractivity contribution in [2.45, 2.75) is 4.34 Å². The third-order valence-corrected chi connectivity index (χ3v) is 7.95. The van der Waals surface area contributed by atoms with Gasteiger partial charge in [-0.15, -0.1) is 11.3 Å². The number of nitrogens with one attached hydrogen (secondary N) is 1. The number of fused-ring (bicyclic) bond motifs is 1. The molecule has 1 aliphatic heterocycles. The van der Waals surface area contributed by atoms with Gasteiger partial charge < -0.3 is 15.1 Å². The highest BCUT2D eigenvalue weighted by Gasteiger charge is 2.22. The quantitative estimate of drug-likeness (QED) is 0.368. The van der Waals surface area contributed by atoms with Gasteiger partial charge in [-0.05, 0) is 60.7 Å². The van der Waals surface area contributed by atoms with Gasteiger partial charge in [-0.1, -0.05) is 23.9 Å². The van der Waals surface area contributed by atoms with Crippen molar-refractivity contribution in [2.24, 2.45) is 0 Å². The lowest BCUT2D eigenvalue weighted by atomic mass is 10.1. The predicted octanol–water partition coefficient (Wildman–Crippen LogP) is 5.13. The molecule has 0 spiro atoms. The second-order valence-corrected chi connectivity index (χ2v) is 10.4. The van der Waals surface area contributed by atoms with E-state index in [2.05, 4.69) is 15.2 Å². The summed E-state index contributed by atoms with van der Waals surface area (Å²) in [5.74, 6) is -0.203. The molecule has 2 heterocycles. The van der Waals surface area contributed by atoms with Gasteiger partial charge in [0.1, 0.15) is 5.82 Å². The van der Waals surface area contributed by atoms with Gasteiger partial charge in [-0.25, -0.2) is 9.37 Å². The Morgan fingerprint density at radius 1 is 0.943 bits per heavy atom. The number of benzene rings is 3. The van der Waals surface area contributed by atoms with Gasteiger partial charge in [0.15, 0.2) is 4.34 Å². The van der Waals surface area contributed by atoms with Crippen LogP contribution in [0, 0.1) is 5.82 Å². The molecule has 1 aliphatic rings. The molecule has 0 radical (unpaired) electrons. The SMILES string of the molecule is O=C(CSc1nc2ccccc2s1)Nc1ccc(N2CCN(C(=O)c3ccc(F)cc3)CC2)cc1. The maximum Gasteiger partial charge on any atom is 0.253 e. The van der Waals surface area contributed by atoms with Crippen LogP contribution in [-0.4, -0.2) is 53.6 Å². The molecule has 35 heavy (non-hydrogen) atoms. The molecule has 9 heteroatoms. The lowest BCUT2D eigenvalue weighted by molar-refractivity contribution is -0.113. The number of amides is 2. The number of anilines is 2. The smallest absolute Gasteiger partial charge is 0.253 e. The molecule has 4 aromatic rings. The highest BCUT2D eigenvalue weighted by Crippen LogP contribution is 2.29. The molecule has 0 bridgehead atoms. The Labute approximate surface area is 210 Å². The van der Waals surface area contributed by atoms with Crippen LogP contribution in [0.2, 0.25) is 0 Å². The number of hydrogen-bond acceptors (Lipinski definition) is 6. The standard InChI is InChI=1S/C26H23FN4O2S2/c27-19-7-5-18(6-8-19)25(33)31-15-13-30(14-16-31)21-11-9-20(10-12-21)28-24(32)17-34-26-29-22-3-1-2-4-23(22)35-26/h1-12H,13-17H2,(H,28,32). The number of nitrogens with zero attached hydrogens (tertiary/aromatic N) is 3. The fraction of sp³-hybridized carbons (Fsp3) is 0.192. The summed E-state index contributed by atoms with van der Waals surface area (Å²) < 4.78 is 15.1. The zero-order chi connectivity index (χ0) is 24.2. The van der Waals surface area contributed by atoms with Gasteiger partial charge in [0.05, 0.1) is 16.0 Å². The Bertz CT molecular complexity index is 1300. The predicted molar refractivity (Wildman–Crippen MR) is 140 cm³/mol. The molecule has 0 unspecified atom stereocenters. The summed E-state index contributed by atoms with van der Waals surface area (Å²) >= 11 is 3.03. The minimum absolute atomic E-state index is 0.0741. The van der Waals surface area contributed by atoms with E-state index >= 15 is 0 Å². The molecule has 0 atom stereocenters. The van der Waals surface area contributed by atoms with E-state index in [1.54, 1.807) is 16.2 Å². The number of halogens is 1. The van der Waals surface area contributed by atoms with Gasteiger partial charge in [0.2, 0.25) is 5.91 Å². The van der Waals surface area contributed by atoms with Crippen LogP contribution < -0.4 is 10.2 Å². The molecule has 0 saturated carbocycles. The number of rotatable bonds is 6. The number of thioether (sulfide) groups is 1. The van der Waals surface area contributed by atoms with Crippen molar-refractivity contribution in [2.75, 3.05) is 42.1 Å². The molecule has 3 aromatic carbocycles. The van der Waals surface area contributed by atoms with Crippen LogP contribution in [0.15, 0.2) is 77.1 Å². The van der Waals surface area contributed by atoms with Crippen LogP contribution >= 0.6 is 23.1 Å². The number of carbonyl (C=O) groups is 2. The van der Waals surface area contributed by atoms with Gasteiger partial charge in [-0.2, -0.15) is 0 Å². The van der Waals surface area contributed by atoms with Crippen molar-refractivity contribution in [1.82, 2.24) is 9.88 Å². The molecule has 1 aromatic heterocycles. The van der Waals surface area contributed by atoms with E-state index in [-0.39, 0.29) is 17.6 Å². The van der Waals surface area contributed by atoms with Crippen LogP contribution in [0.4, 0.5) is 15.8 Å². The molecule has 0 aliphatic carbocycles. The van der Waals surface area contributed by atoms with Gasteiger partial charge >= 0.3 is 0 Å². The first-order valence-electron chi connectivity index (χ1n) is 11.2. The summed E-state index contributed by atoms with van der Waals surface area (Å²) in [5.41, 5.74) is 3.24. The number of carbonyl (C=O) groups excluding carboxylic acids is 2. The van der Waals surface area contributed by atoms with E-state index in [1.165, 1.54) is 36.0 Å². The van der Waals surface area contributed by atoms with Crippen molar-refractivity contribution in [3.8, 4) is 0 Å². The summed E-state index contributed by atoms with van der Waals surface area (Å²) in [5, 5.41) is 2.94. The second-order valence-electron chi connectivity index (χ2n) is 8.12. The van der Waals surface area contributed by atoms with Crippen LogP contribution in [0.3, 0.4) is 0 Å². The first-order chi connectivity index (χ1) is 17.0. The van der Waals surface area contributed by atoms with E-state index in [9.17, 15) is 14.0 Å². The van der Waals surface area contributed by atoms with E-state index < -0.39 is 0 Å². The zero-order valence-electron chi connectivity index (χ0n) is 18.8. The Kier molecular flexibility index (Phi) is 6.96. The number of thiazole rings is 1. The van der Waals surface area contributed by atoms with E-state index in [0.717, 1.165) is 25.9 Å². The van der Waals surface area contributed by atoms with Gasteiger partial charge in [-0.3, -0.25) is 9.59 Å². The fourth-order valence-corrected chi connectivity index (χ4v) is 5.80. The minimum atomic E-state index is -0.349. The number of piperazine rings is 1. The van der Waals surface area contributed by atoms with E-state index in [4.69, 9.17) is 0 Å². The van der Waals surface area contributed by atoms with Crippen molar-refractivity contribution < 1.29 is 14.0 Å². The first kappa shape index (κ1) is 23.3. The van der Waals surface area contributed by atoms with E-state index in [0.29, 0.717) is 37.5 Å². The van der Waals surface area contributed by atoms with Gasteiger partial charge in [0, 0.05) is 43.1 Å². The highest BCUT2D eigenvalue weighted by atomic mass is 32.2. The molecule has 2 amide bonds. The summed E-state index contributed by atoms with van der Waals surface area (Å²) in [6.07, 6.45) is 0. The van der Waals surface area contributed by atoms with Crippen LogP contribution in [0.25, 0.3) is 10.2 Å². The number of para-hydroxylation sites is 1. The first-order valence-corrected chi connectivity index (χ1v) is 13.0. The summed E-state index contributed by atoms with van der Waals surface area (Å²) in [4.78, 5) is 33.6. The summed E-state index contributed by atoms with van der Waals surface area (Å²) in [6, 6.07) is 21.4. The second kappa shape index (κ2) is 10.5. The lowest BCUT2D eigenvalue weighted by Gasteiger charge is -2.36.